The lowest BCUT2D eigenvalue weighted by atomic mass is 9.91. The highest BCUT2D eigenvalue weighted by Crippen LogP contribution is 2.53. The van der Waals surface area contributed by atoms with Crippen molar-refractivity contribution < 1.29 is 9.90 Å². The third-order valence-electron chi connectivity index (χ3n) is 6.85. The first-order valence-electron chi connectivity index (χ1n) is 11.0. The number of hydrogen-bond donors (Lipinski definition) is 1. The molecule has 4 heteroatoms. The Morgan fingerprint density at radius 1 is 0.939 bits per heavy atom. The summed E-state index contributed by atoms with van der Waals surface area (Å²) in [4.78, 5) is 13.8. The minimum atomic E-state index is -1.21. The number of aliphatic carboxylic acids is 1. The molecule has 0 amide bonds. The molecule has 0 spiro atoms. The topological polar surface area (TPSA) is 64.3 Å². The van der Waals surface area contributed by atoms with Gasteiger partial charge in [0.05, 0.1) is 0 Å². The number of carboxylic acid groups (broad SMARTS) is 1. The molecule has 2 unspecified atom stereocenters. The summed E-state index contributed by atoms with van der Waals surface area (Å²) in [7, 11) is 0. The molecule has 1 aliphatic carbocycles. The summed E-state index contributed by atoms with van der Waals surface area (Å²) in [5.74, 6) is -1.01. The first-order chi connectivity index (χ1) is 16.1. The minimum Gasteiger partial charge on any atom is -0.477 e. The van der Waals surface area contributed by atoms with Gasteiger partial charge in [0.25, 0.3) is 0 Å². The molecule has 1 heterocycles. The van der Waals surface area contributed by atoms with Crippen LogP contribution >= 0.6 is 0 Å². The van der Waals surface area contributed by atoms with Gasteiger partial charge in [-0.05, 0) is 69.8 Å². The number of nitrogens with zero attached hydrogens (tertiary/aromatic N) is 2. The predicted octanol–water partition coefficient (Wildman–Crippen LogP) is 6.04. The Kier molecular flexibility index (Phi) is 4.31. The molecule has 33 heavy (non-hydrogen) atoms. The van der Waals surface area contributed by atoms with Crippen LogP contribution in [-0.2, 0) is 11.2 Å². The molecule has 1 aliphatic heterocycles. The standard InChI is InChI=1S/C29H20N2O2/c30-17-22(29(32)33)13-18-9-12-26-25(14-18)28-24-8-4-3-7-21(24)16-27(28)31(26)23-11-10-19-5-1-2-6-20(19)15-23/h1-15,27-28H,16H2,(H,32,33)/b22-13+. The highest BCUT2D eigenvalue weighted by atomic mass is 16.4. The maximum Gasteiger partial charge on any atom is 0.346 e. The molecule has 4 nitrogen and oxygen atoms in total. The van der Waals surface area contributed by atoms with Crippen LogP contribution in [0.2, 0.25) is 0 Å². The molecule has 0 fully saturated rings. The second kappa shape index (κ2) is 7.36. The Bertz CT molecular complexity index is 1510. The van der Waals surface area contributed by atoms with Gasteiger partial charge in [0.2, 0.25) is 0 Å². The average molecular weight is 428 g/mol. The molecule has 0 aromatic heterocycles. The third kappa shape index (κ3) is 3.01. The number of hydrogen-bond acceptors (Lipinski definition) is 3. The molecule has 4 aromatic carbocycles. The van der Waals surface area contributed by atoms with Crippen LogP contribution in [0.5, 0.6) is 0 Å². The highest BCUT2D eigenvalue weighted by molar-refractivity contribution is 5.96. The van der Waals surface area contributed by atoms with E-state index in [1.54, 1.807) is 6.07 Å². The SMILES string of the molecule is N#C/C(=C\c1ccc2c(c1)C1c3ccccc3CC1N2c1ccc2ccccc2c1)C(=O)O. The predicted molar refractivity (Wildman–Crippen MR) is 130 cm³/mol. The van der Waals surface area contributed by atoms with Crippen molar-refractivity contribution in [1.82, 2.24) is 0 Å². The molecule has 2 atom stereocenters. The van der Waals surface area contributed by atoms with E-state index in [9.17, 15) is 15.2 Å². The van der Waals surface area contributed by atoms with Crippen molar-refractivity contribution in [3.8, 4) is 6.07 Å². The zero-order chi connectivity index (χ0) is 22.5. The number of benzene rings is 4. The summed E-state index contributed by atoms with van der Waals surface area (Å²) < 4.78 is 0. The van der Waals surface area contributed by atoms with Crippen LogP contribution in [0.3, 0.4) is 0 Å². The maximum atomic E-state index is 11.4. The molecule has 0 saturated carbocycles. The van der Waals surface area contributed by atoms with Crippen molar-refractivity contribution in [1.29, 1.82) is 5.26 Å². The molecule has 0 bridgehead atoms. The molecular weight excluding hydrogens is 408 g/mol. The van der Waals surface area contributed by atoms with E-state index in [4.69, 9.17) is 0 Å². The zero-order valence-electron chi connectivity index (χ0n) is 17.8. The van der Waals surface area contributed by atoms with Crippen LogP contribution in [0.25, 0.3) is 16.8 Å². The largest absolute Gasteiger partial charge is 0.477 e. The van der Waals surface area contributed by atoms with Crippen molar-refractivity contribution in [2.24, 2.45) is 0 Å². The van der Waals surface area contributed by atoms with Gasteiger partial charge in [-0.2, -0.15) is 5.26 Å². The Balaban J connectivity index is 1.53. The first kappa shape index (κ1) is 19.3. The molecule has 2 aliphatic rings. The normalized spacial score (nSPS) is 18.5. The van der Waals surface area contributed by atoms with Crippen molar-refractivity contribution >= 4 is 34.2 Å². The lowest BCUT2D eigenvalue weighted by molar-refractivity contribution is -0.132. The second-order valence-electron chi connectivity index (χ2n) is 8.64. The monoisotopic (exact) mass is 428 g/mol. The van der Waals surface area contributed by atoms with Gasteiger partial charge in [-0.3, -0.25) is 0 Å². The van der Waals surface area contributed by atoms with Gasteiger partial charge in [0, 0.05) is 23.3 Å². The number of carboxylic acids is 1. The summed E-state index contributed by atoms with van der Waals surface area (Å²) in [5.41, 5.74) is 6.62. The van der Waals surface area contributed by atoms with Gasteiger partial charge in [-0.15, -0.1) is 0 Å². The molecular formula is C29H20N2O2. The molecule has 1 N–H and O–H groups in total. The Morgan fingerprint density at radius 2 is 1.73 bits per heavy atom. The number of nitriles is 1. The summed E-state index contributed by atoms with van der Waals surface area (Å²) in [6.45, 7) is 0. The van der Waals surface area contributed by atoms with E-state index in [0.29, 0.717) is 0 Å². The van der Waals surface area contributed by atoms with Crippen molar-refractivity contribution in [2.75, 3.05) is 4.90 Å². The summed E-state index contributed by atoms with van der Waals surface area (Å²) in [5, 5.41) is 20.9. The van der Waals surface area contributed by atoms with Crippen molar-refractivity contribution in [3.63, 3.8) is 0 Å². The molecule has 158 valence electrons. The molecule has 4 aromatic rings. The van der Waals surface area contributed by atoms with Crippen LogP contribution in [-0.4, -0.2) is 17.1 Å². The van der Waals surface area contributed by atoms with Crippen LogP contribution < -0.4 is 4.90 Å². The smallest absolute Gasteiger partial charge is 0.346 e. The van der Waals surface area contributed by atoms with E-state index in [0.717, 1.165) is 23.4 Å². The summed E-state index contributed by atoms with van der Waals surface area (Å²) >= 11 is 0. The zero-order valence-corrected chi connectivity index (χ0v) is 17.8. The van der Waals surface area contributed by atoms with Crippen LogP contribution in [0.1, 0.15) is 28.2 Å². The van der Waals surface area contributed by atoms with E-state index < -0.39 is 5.97 Å². The lowest BCUT2D eigenvalue weighted by Gasteiger charge is -2.27. The molecule has 0 radical (unpaired) electrons. The number of rotatable bonds is 3. The Hall–Kier alpha value is -4.36. The molecule has 6 rings (SSSR count). The summed E-state index contributed by atoms with van der Waals surface area (Å²) in [6.07, 6.45) is 2.41. The van der Waals surface area contributed by atoms with E-state index in [-0.39, 0.29) is 17.5 Å². The van der Waals surface area contributed by atoms with Crippen molar-refractivity contribution in [2.45, 2.75) is 18.4 Å². The van der Waals surface area contributed by atoms with Crippen LogP contribution in [0, 0.1) is 11.3 Å². The lowest BCUT2D eigenvalue weighted by Crippen LogP contribution is -2.28. The van der Waals surface area contributed by atoms with E-state index in [2.05, 4.69) is 83.8 Å². The van der Waals surface area contributed by atoms with Gasteiger partial charge in [0.15, 0.2) is 0 Å². The van der Waals surface area contributed by atoms with Crippen molar-refractivity contribution in [3.05, 3.63) is 113 Å². The Labute approximate surface area is 191 Å². The second-order valence-corrected chi connectivity index (χ2v) is 8.64. The van der Waals surface area contributed by atoms with Crippen LogP contribution in [0.15, 0.2) is 90.5 Å². The minimum absolute atomic E-state index is 0.200. The maximum absolute atomic E-state index is 11.4. The van der Waals surface area contributed by atoms with Gasteiger partial charge in [0.1, 0.15) is 11.6 Å². The summed E-state index contributed by atoms with van der Waals surface area (Å²) in [6, 6.07) is 31.6. The van der Waals surface area contributed by atoms with Crippen LogP contribution in [0.4, 0.5) is 11.4 Å². The fourth-order valence-corrected chi connectivity index (χ4v) is 5.46. The van der Waals surface area contributed by atoms with Gasteiger partial charge < -0.3 is 10.0 Å². The fraction of sp³-hybridized carbons (Fsp3) is 0.103. The average Bonchev–Trinajstić information content (AvgIpc) is 3.36. The van der Waals surface area contributed by atoms with E-state index >= 15 is 0 Å². The molecule has 0 saturated heterocycles. The first-order valence-corrected chi connectivity index (χ1v) is 11.0. The third-order valence-corrected chi connectivity index (χ3v) is 6.85. The highest BCUT2D eigenvalue weighted by Gasteiger charge is 2.45. The van der Waals surface area contributed by atoms with Gasteiger partial charge in [-0.1, -0.05) is 60.7 Å². The number of anilines is 2. The van der Waals surface area contributed by atoms with E-state index in [1.165, 1.54) is 33.5 Å². The number of fused-ring (bicyclic) bond motifs is 6. The van der Waals surface area contributed by atoms with Gasteiger partial charge >= 0.3 is 5.97 Å². The number of carbonyl (C=O) groups is 1. The van der Waals surface area contributed by atoms with E-state index in [1.807, 2.05) is 6.07 Å². The fourth-order valence-electron chi connectivity index (χ4n) is 5.46. The van der Waals surface area contributed by atoms with Gasteiger partial charge in [-0.25, -0.2) is 4.79 Å². The quantitative estimate of drug-likeness (QED) is 0.319. The Morgan fingerprint density at radius 3 is 2.55 bits per heavy atom.